The number of alkyl halides is 3. The predicted molar refractivity (Wildman–Crippen MR) is 85.6 cm³/mol. The summed E-state index contributed by atoms with van der Waals surface area (Å²) in [6.45, 7) is 7.14. The molecule has 2 rings (SSSR count). The monoisotopic (exact) mass is 384 g/mol. The quantitative estimate of drug-likeness (QED) is 0.594. The van der Waals surface area contributed by atoms with Crippen LogP contribution in [0.4, 0.5) is 13.2 Å². The molecule has 0 amide bonds. The van der Waals surface area contributed by atoms with Crippen molar-refractivity contribution < 1.29 is 30.9 Å². The zero-order valence-electron chi connectivity index (χ0n) is 13.6. The Balaban J connectivity index is 2.45. The molecule has 0 N–H and O–H groups in total. The highest BCUT2D eigenvalue weighted by Gasteiger charge is 2.52. The summed E-state index contributed by atoms with van der Waals surface area (Å²) in [4.78, 5) is 0. The first-order valence-electron chi connectivity index (χ1n) is 7.10. The minimum Gasteiger partial charge on any atom is -0.399 e. The fourth-order valence-corrected chi connectivity index (χ4v) is 3.27. The third-order valence-electron chi connectivity index (χ3n) is 4.29. The van der Waals surface area contributed by atoms with Crippen LogP contribution in [0.3, 0.4) is 0 Å². The van der Waals surface area contributed by atoms with Crippen LogP contribution in [-0.2, 0) is 30.3 Å². The van der Waals surface area contributed by atoms with Crippen molar-refractivity contribution >= 4 is 32.3 Å². The van der Waals surface area contributed by atoms with E-state index < -0.39 is 50.4 Å². The number of halogens is 4. The average molecular weight is 385 g/mol. The Morgan fingerprint density at radius 2 is 1.62 bits per heavy atom. The van der Waals surface area contributed by atoms with E-state index in [1.165, 1.54) is 6.07 Å². The molecule has 24 heavy (non-hydrogen) atoms. The van der Waals surface area contributed by atoms with Crippen LogP contribution in [0.15, 0.2) is 18.2 Å². The minimum absolute atomic E-state index is 0.164. The molecule has 1 aliphatic rings. The van der Waals surface area contributed by atoms with Gasteiger partial charge in [-0.15, -0.1) is 0 Å². The molecule has 0 atom stereocenters. The van der Waals surface area contributed by atoms with E-state index in [9.17, 15) is 21.6 Å². The van der Waals surface area contributed by atoms with E-state index in [1.807, 2.05) is 0 Å². The second-order valence-electron chi connectivity index (χ2n) is 6.69. The lowest BCUT2D eigenvalue weighted by atomic mass is 9.77. The summed E-state index contributed by atoms with van der Waals surface area (Å²) in [6, 6.07) is 3.29. The highest BCUT2D eigenvalue weighted by molar-refractivity contribution is 8.13. The molecular weight excluding hydrogens is 367 g/mol. The van der Waals surface area contributed by atoms with Gasteiger partial charge in [0.1, 0.15) is 0 Å². The Morgan fingerprint density at radius 1 is 1.12 bits per heavy atom. The fourth-order valence-electron chi connectivity index (χ4n) is 2.30. The normalized spacial score (nSPS) is 20.4. The largest absolute Gasteiger partial charge is 0.494 e. The molecule has 1 aliphatic heterocycles. The molecule has 1 aromatic rings. The Labute approximate surface area is 143 Å². The summed E-state index contributed by atoms with van der Waals surface area (Å²) in [5.74, 6) is -0.910. The number of hydrogen-bond donors (Lipinski definition) is 0. The van der Waals surface area contributed by atoms with Crippen molar-refractivity contribution in [2.24, 2.45) is 0 Å². The topological polar surface area (TPSA) is 52.6 Å². The van der Waals surface area contributed by atoms with Gasteiger partial charge in [-0.3, -0.25) is 0 Å². The van der Waals surface area contributed by atoms with Crippen LogP contribution in [0.1, 0.15) is 38.8 Å². The van der Waals surface area contributed by atoms with Crippen LogP contribution in [0.2, 0.25) is 0 Å². The molecule has 1 fully saturated rings. The van der Waals surface area contributed by atoms with Gasteiger partial charge in [-0.05, 0) is 44.8 Å². The molecule has 0 spiro atoms. The summed E-state index contributed by atoms with van der Waals surface area (Å²) in [5, 5.41) is 0. The van der Waals surface area contributed by atoms with Gasteiger partial charge in [0.25, 0.3) is 0 Å². The molecule has 1 heterocycles. The predicted octanol–water partition coefficient (Wildman–Crippen LogP) is 3.07. The smallest absolute Gasteiger partial charge is 0.399 e. The first kappa shape index (κ1) is 19.6. The maximum absolute atomic E-state index is 13.3. The minimum atomic E-state index is -4.73. The lowest BCUT2D eigenvalue weighted by Crippen LogP contribution is -2.41. The molecule has 0 aromatic heterocycles. The van der Waals surface area contributed by atoms with E-state index in [-0.39, 0.29) is 5.46 Å². The lowest BCUT2D eigenvalue weighted by molar-refractivity contribution is -0.138. The van der Waals surface area contributed by atoms with Crippen LogP contribution < -0.4 is 5.46 Å². The van der Waals surface area contributed by atoms with Crippen LogP contribution >= 0.6 is 10.7 Å². The second-order valence-corrected chi connectivity index (χ2v) is 9.46. The Morgan fingerprint density at radius 3 is 2.04 bits per heavy atom. The van der Waals surface area contributed by atoms with Crippen molar-refractivity contribution in [3.8, 4) is 0 Å². The van der Waals surface area contributed by atoms with Gasteiger partial charge in [0.2, 0.25) is 9.05 Å². The number of hydrogen-bond acceptors (Lipinski definition) is 4. The van der Waals surface area contributed by atoms with Gasteiger partial charge in [0.05, 0.1) is 22.5 Å². The van der Waals surface area contributed by atoms with Gasteiger partial charge < -0.3 is 9.31 Å². The maximum Gasteiger partial charge on any atom is 0.494 e. The first-order valence-corrected chi connectivity index (χ1v) is 9.58. The lowest BCUT2D eigenvalue weighted by Gasteiger charge is -2.32. The summed E-state index contributed by atoms with van der Waals surface area (Å²) in [5.41, 5.74) is -2.73. The van der Waals surface area contributed by atoms with E-state index in [2.05, 4.69) is 0 Å². The zero-order chi connectivity index (χ0) is 18.6. The van der Waals surface area contributed by atoms with Crippen LogP contribution in [0.25, 0.3) is 0 Å². The van der Waals surface area contributed by atoms with Gasteiger partial charge in [0.15, 0.2) is 0 Å². The third kappa shape index (κ3) is 4.07. The fraction of sp³-hybridized carbons (Fsp3) is 0.571. The van der Waals surface area contributed by atoms with Crippen molar-refractivity contribution in [3.05, 3.63) is 29.3 Å². The van der Waals surface area contributed by atoms with E-state index in [1.54, 1.807) is 27.7 Å². The molecule has 4 nitrogen and oxygen atoms in total. The van der Waals surface area contributed by atoms with Crippen LogP contribution in [0.5, 0.6) is 0 Å². The van der Waals surface area contributed by atoms with Crippen LogP contribution in [0, 0.1) is 0 Å². The maximum atomic E-state index is 13.3. The third-order valence-corrected chi connectivity index (χ3v) is 5.28. The van der Waals surface area contributed by atoms with E-state index >= 15 is 0 Å². The van der Waals surface area contributed by atoms with Crippen molar-refractivity contribution in [2.75, 3.05) is 0 Å². The molecule has 0 bridgehead atoms. The average Bonchev–Trinajstić information content (AvgIpc) is 2.55. The molecule has 0 radical (unpaired) electrons. The molecule has 1 saturated heterocycles. The summed E-state index contributed by atoms with van der Waals surface area (Å²) >= 11 is 0. The van der Waals surface area contributed by atoms with Gasteiger partial charge in [-0.25, -0.2) is 8.42 Å². The molecule has 134 valence electrons. The van der Waals surface area contributed by atoms with Crippen molar-refractivity contribution in [2.45, 2.75) is 50.8 Å². The Hall–Kier alpha value is -0.765. The molecule has 10 heteroatoms. The van der Waals surface area contributed by atoms with Gasteiger partial charge in [-0.2, -0.15) is 13.2 Å². The van der Waals surface area contributed by atoms with Crippen molar-refractivity contribution in [1.29, 1.82) is 0 Å². The summed E-state index contributed by atoms with van der Waals surface area (Å²) in [6.07, 6.45) is -4.73. The van der Waals surface area contributed by atoms with Gasteiger partial charge in [0, 0.05) is 10.7 Å². The molecular formula is C14H17BClF3O4S. The highest BCUT2D eigenvalue weighted by atomic mass is 35.7. The summed E-state index contributed by atoms with van der Waals surface area (Å²) < 4.78 is 73.6. The molecule has 0 unspecified atom stereocenters. The zero-order valence-corrected chi connectivity index (χ0v) is 15.1. The standard InChI is InChI=1S/C14H17BClF3O4S/c1-12(2)13(3,4)23-15(22-12)10-6-5-9(8-24(16,20)21)11(7-10)14(17,18)19/h5-7H,8H2,1-4H3. The van der Waals surface area contributed by atoms with E-state index in [4.69, 9.17) is 20.0 Å². The van der Waals surface area contributed by atoms with Crippen molar-refractivity contribution in [3.63, 3.8) is 0 Å². The Bertz CT molecular complexity index is 731. The molecule has 0 aliphatic carbocycles. The van der Waals surface area contributed by atoms with Crippen LogP contribution in [-0.4, -0.2) is 26.7 Å². The second kappa shape index (κ2) is 5.90. The highest BCUT2D eigenvalue weighted by Crippen LogP contribution is 2.37. The first-order chi connectivity index (χ1) is 10.6. The number of benzene rings is 1. The van der Waals surface area contributed by atoms with E-state index in [0.717, 1.165) is 12.1 Å². The SMILES string of the molecule is CC1(C)OB(c2ccc(CS(=O)(=O)Cl)c(C(F)(F)F)c2)OC1(C)C. The number of rotatable bonds is 3. The Kier molecular flexibility index (Phi) is 4.81. The van der Waals surface area contributed by atoms with E-state index in [0.29, 0.717) is 0 Å². The van der Waals surface area contributed by atoms with Crippen molar-refractivity contribution in [1.82, 2.24) is 0 Å². The molecule has 0 saturated carbocycles. The van der Waals surface area contributed by atoms with Gasteiger partial charge in [-0.1, -0.05) is 12.1 Å². The van der Waals surface area contributed by atoms with Gasteiger partial charge >= 0.3 is 13.3 Å². The molecule has 1 aromatic carbocycles. The summed E-state index contributed by atoms with van der Waals surface area (Å²) in [7, 11) is -0.00664.